The number of aromatic hydroxyl groups is 1. The Balaban J connectivity index is 2.58. The summed E-state index contributed by atoms with van der Waals surface area (Å²) < 4.78 is 44.2. The number of phenolic OH excluding ortho intramolecular Hbond substituents is 1. The molecule has 0 aliphatic carbocycles. The Morgan fingerprint density at radius 3 is 2.58 bits per heavy atom. The molecular weight excluding hydrogens is 437 g/mol. The van der Waals surface area contributed by atoms with E-state index in [0.717, 1.165) is 17.4 Å². The lowest BCUT2D eigenvalue weighted by Gasteiger charge is -2.11. The number of hydrogen-bond acceptors (Lipinski definition) is 5. The third-order valence-corrected chi connectivity index (χ3v) is 4.63. The molecule has 0 saturated heterocycles. The SMILES string of the molecule is CCOc1cc(/C=C(\C(=O)c2cccs2)C(=O)C(F)(F)F)cc(Br)c1O. The van der Waals surface area contributed by atoms with E-state index in [2.05, 4.69) is 15.9 Å². The summed E-state index contributed by atoms with van der Waals surface area (Å²) in [6.07, 6.45) is -4.36. The van der Waals surface area contributed by atoms with Crippen LogP contribution in [-0.2, 0) is 4.79 Å². The lowest BCUT2D eigenvalue weighted by atomic mass is 10.0. The highest BCUT2D eigenvalue weighted by Crippen LogP contribution is 2.36. The number of thiophene rings is 1. The van der Waals surface area contributed by atoms with E-state index in [0.29, 0.717) is 0 Å². The predicted octanol–water partition coefficient (Wildman–Crippen LogP) is 5.01. The molecule has 0 atom stereocenters. The molecule has 0 amide bonds. The van der Waals surface area contributed by atoms with E-state index in [1.54, 1.807) is 6.92 Å². The molecule has 1 heterocycles. The molecule has 4 nitrogen and oxygen atoms in total. The minimum atomic E-state index is -5.20. The lowest BCUT2D eigenvalue weighted by Crippen LogP contribution is -2.28. The number of hydrogen-bond donors (Lipinski definition) is 1. The Morgan fingerprint density at radius 2 is 2.04 bits per heavy atom. The molecule has 0 unspecified atom stereocenters. The van der Waals surface area contributed by atoms with Gasteiger partial charge >= 0.3 is 6.18 Å². The van der Waals surface area contributed by atoms with E-state index in [9.17, 15) is 27.9 Å². The molecule has 0 aliphatic rings. The number of carbonyl (C=O) groups is 2. The summed E-state index contributed by atoms with van der Waals surface area (Å²) in [5.74, 6) is -3.49. The average molecular weight is 449 g/mol. The monoisotopic (exact) mass is 448 g/mol. The van der Waals surface area contributed by atoms with Gasteiger partial charge in [0, 0.05) is 0 Å². The highest BCUT2D eigenvalue weighted by atomic mass is 79.9. The number of benzene rings is 1. The summed E-state index contributed by atoms with van der Waals surface area (Å²) in [6.45, 7) is 1.87. The van der Waals surface area contributed by atoms with Gasteiger partial charge in [0.05, 0.1) is 21.5 Å². The predicted molar refractivity (Wildman–Crippen MR) is 94.7 cm³/mol. The van der Waals surface area contributed by atoms with Crippen LogP contribution in [0.1, 0.15) is 22.2 Å². The third-order valence-electron chi connectivity index (χ3n) is 3.15. The van der Waals surface area contributed by atoms with Crippen LogP contribution in [0.4, 0.5) is 13.2 Å². The van der Waals surface area contributed by atoms with Gasteiger partial charge in [-0.3, -0.25) is 9.59 Å². The molecule has 0 spiro atoms. The van der Waals surface area contributed by atoms with Crippen molar-refractivity contribution >= 4 is 44.9 Å². The number of rotatable bonds is 6. The molecular formula is C17H12BrF3O4S. The zero-order chi connectivity index (χ0) is 19.5. The van der Waals surface area contributed by atoms with E-state index in [1.807, 2.05) is 0 Å². The topological polar surface area (TPSA) is 63.6 Å². The molecule has 0 aliphatic heterocycles. The second kappa shape index (κ2) is 8.05. The molecule has 9 heteroatoms. The van der Waals surface area contributed by atoms with Crippen LogP contribution in [0.3, 0.4) is 0 Å². The Kier molecular flexibility index (Phi) is 6.25. The van der Waals surface area contributed by atoms with Crippen LogP contribution in [0.5, 0.6) is 11.5 Å². The van der Waals surface area contributed by atoms with E-state index in [4.69, 9.17) is 4.74 Å². The van der Waals surface area contributed by atoms with Crippen LogP contribution >= 0.6 is 27.3 Å². The maximum Gasteiger partial charge on any atom is 0.455 e. The number of carbonyl (C=O) groups excluding carboxylic acids is 2. The smallest absolute Gasteiger partial charge is 0.455 e. The standard InChI is InChI=1S/C17H12BrF3O4S/c1-2-25-12-8-9(7-11(18)15(12)23)6-10(16(24)17(19,20)21)14(22)13-4-3-5-26-13/h3-8,23H,2H2,1H3/b10-6+. The van der Waals surface area contributed by atoms with Crippen molar-refractivity contribution in [3.8, 4) is 11.5 Å². The van der Waals surface area contributed by atoms with Crippen molar-refractivity contribution in [3.05, 3.63) is 50.1 Å². The Bertz CT molecular complexity index is 858. The van der Waals surface area contributed by atoms with Crippen molar-refractivity contribution < 1.29 is 32.6 Å². The summed E-state index contributed by atoms with van der Waals surface area (Å²) in [5, 5.41) is 11.4. The minimum Gasteiger partial charge on any atom is -0.503 e. The third kappa shape index (κ3) is 4.53. The van der Waals surface area contributed by atoms with Gasteiger partial charge in [0.25, 0.3) is 5.78 Å². The normalized spacial score (nSPS) is 12.1. The maximum absolute atomic E-state index is 12.9. The van der Waals surface area contributed by atoms with Crippen molar-refractivity contribution in [2.24, 2.45) is 0 Å². The van der Waals surface area contributed by atoms with Gasteiger partial charge in [-0.15, -0.1) is 11.3 Å². The number of halogens is 4. The molecule has 0 fully saturated rings. The number of allylic oxidation sites excluding steroid dienone is 1. The van der Waals surface area contributed by atoms with Gasteiger partial charge in [-0.05, 0) is 58.1 Å². The van der Waals surface area contributed by atoms with Crippen LogP contribution in [0, 0.1) is 0 Å². The van der Waals surface area contributed by atoms with Gasteiger partial charge in [-0.2, -0.15) is 13.2 Å². The first-order valence-corrected chi connectivity index (χ1v) is 8.89. The molecule has 26 heavy (non-hydrogen) atoms. The fraction of sp³-hybridized carbons (Fsp3) is 0.176. The largest absolute Gasteiger partial charge is 0.503 e. The van der Waals surface area contributed by atoms with Crippen molar-refractivity contribution in [2.75, 3.05) is 6.61 Å². The van der Waals surface area contributed by atoms with Crippen LogP contribution < -0.4 is 4.74 Å². The van der Waals surface area contributed by atoms with Crippen molar-refractivity contribution in [1.29, 1.82) is 0 Å². The Labute approximate surface area is 159 Å². The summed E-state index contributed by atoms with van der Waals surface area (Å²) in [7, 11) is 0. The fourth-order valence-electron chi connectivity index (χ4n) is 2.04. The van der Waals surface area contributed by atoms with Gasteiger partial charge in [0.2, 0.25) is 5.78 Å². The number of ether oxygens (including phenoxy) is 1. The van der Waals surface area contributed by atoms with Crippen LogP contribution in [0.2, 0.25) is 0 Å². The summed E-state index contributed by atoms with van der Waals surface area (Å²) in [6, 6.07) is 5.36. The summed E-state index contributed by atoms with van der Waals surface area (Å²) in [4.78, 5) is 24.2. The minimum absolute atomic E-state index is 0.00973. The molecule has 0 saturated carbocycles. The number of alkyl halides is 3. The molecule has 1 N–H and O–H groups in total. The van der Waals surface area contributed by atoms with E-state index in [1.165, 1.54) is 29.6 Å². The highest BCUT2D eigenvalue weighted by Gasteiger charge is 2.43. The fourth-order valence-corrected chi connectivity index (χ4v) is 3.17. The van der Waals surface area contributed by atoms with Crippen molar-refractivity contribution in [2.45, 2.75) is 13.1 Å². The van der Waals surface area contributed by atoms with E-state index < -0.39 is 23.3 Å². The zero-order valence-electron chi connectivity index (χ0n) is 13.3. The van der Waals surface area contributed by atoms with Gasteiger partial charge < -0.3 is 9.84 Å². The van der Waals surface area contributed by atoms with Gasteiger partial charge in [-0.25, -0.2) is 0 Å². The molecule has 2 rings (SSSR count). The first-order chi connectivity index (χ1) is 12.1. The summed E-state index contributed by atoms with van der Waals surface area (Å²) in [5.41, 5.74) is -0.921. The van der Waals surface area contributed by atoms with Crippen LogP contribution in [0.15, 0.2) is 39.7 Å². The number of Topliss-reactive ketones (excluding diaryl/α,β-unsaturated/α-hetero) is 2. The second-order valence-corrected chi connectivity index (χ2v) is 6.78. The van der Waals surface area contributed by atoms with Crippen molar-refractivity contribution in [1.82, 2.24) is 0 Å². The van der Waals surface area contributed by atoms with E-state index >= 15 is 0 Å². The summed E-state index contributed by atoms with van der Waals surface area (Å²) >= 11 is 3.99. The van der Waals surface area contributed by atoms with E-state index in [-0.39, 0.29) is 33.0 Å². The zero-order valence-corrected chi connectivity index (χ0v) is 15.7. The van der Waals surface area contributed by atoms with Crippen molar-refractivity contribution in [3.63, 3.8) is 0 Å². The van der Waals surface area contributed by atoms with Gasteiger partial charge in [-0.1, -0.05) is 6.07 Å². The van der Waals surface area contributed by atoms with Gasteiger partial charge in [0.15, 0.2) is 11.5 Å². The molecule has 1 aromatic carbocycles. The molecule has 0 radical (unpaired) electrons. The Morgan fingerprint density at radius 1 is 1.35 bits per heavy atom. The number of ketones is 2. The van der Waals surface area contributed by atoms with Gasteiger partial charge in [0.1, 0.15) is 0 Å². The quantitative estimate of drug-likeness (QED) is 0.292. The Hall–Kier alpha value is -2.13. The molecule has 0 bridgehead atoms. The first-order valence-electron chi connectivity index (χ1n) is 7.21. The van der Waals surface area contributed by atoms with Crippen LogP contribution in [-0.4, -0.2) is 29.5 Å². The number of phenols is 1. The molecule has 138 valence electrons. The highest BCUT2D eigenvalue weighted by molar-refractivity contribution is 9.10. The molecule has 2 aromatic rings. The average Bonchev–Trinajstić information content (AvgIpc) is 3.09. The lowest BCUT2D eigenvalue weighted by molar-refractivity contribution is -0.166. The first kappa shape index (κ1) is 20.2. The maximum atomic E-state index is 12.9. The molecule has 1 aromatic heterocycles. The van der Waals surface area contributed by atoms with Crippen LogP contribution in [0.25, 0.3) is 6.08 Å². The second-order valence-electron chi connectivity index (χ2n) is 4.97.